The lowest BCUT2D eigenvalue weighted by molar-refractivity contribution is 0.569. The molecule has 0 spiro atoms. The van der Waals surface area contributed by atoms with Crippen LogP contribution in [0.2, 0.25) is 0 Å². The molecule has 0 radical (unpaired) electrons. The first-order valence-corrected chi connectivity index (χ1v) is 5.45. The van der Waals surface area contributed by atoms with Crippen LogP contribution >= 0.6 is 0 Å². The Morgan fingerprint density at radius 2 is 1.81 bits per heavy atom. The summed E-state index contributed by atoms with van der Waals surface area (Å²) in [7, 11) is 0. The third-order valence-corrected chi connectivity index (χ3v) is 2.55. The van der Waals surface area contributed by atoms with Crippen LogP contribution in [0.25, 0.3) is 11.3 Å². The molecule has 0 unspecified atom stereocenters. The summed E-state index contributed by atoms with van der Waals surface area (Å²) in [4.78, 5) is 11.9. The third-order valence-electron chi connectivity index (χ3n) is 2.55. The molecule has 2 aromatic rings. The number of nitrogens with zero attached hydrogens (tertiary/aromatic N) is 2. The summed E-state index contributed by atoms with van der Waals surface area (Å²) in [6.07, 6.45) is 3.73. The molecule has 0 aliphatic heterocycles. The Kier molecular flexibility index (Phi) is 2.54. The van der Waals surface area contributed by atoms with E-state index in [1.807, 2.05) is 19.3 Å². The molecule has 0 atom stereocenters. The van der Waals surface area contributed by atoms with Crippen molar-refractivity contribution in [3.8, 4) is 11.3 Å². The summed E-state index contributed by atoms with van der Waals surface area (Å²) >= 11 is 0. The average molecular weight is 215 g/mol. The van der Waals surface area contributed by atoms with E-state index in [0.717, 1.165) is 22.8 Å². The van der Waals surface area contributed by atoms with Gasteiger partial charge in [0.2, 0.25) is 0 Å². The number of aryl methyl sites for hydroxylation is 1. The molecule has 0 amide bonds. The van der Waals surface area contributed by atoms with E-state index in [2.05, 4.69) is 47.9 Å². The zero-order valence-electron chi connectivity index (χ0n) is 10.2. The number of hydrogen-bond acceptors (Lipinski definition) is 2. The molecule has 0 fully saturated rings. The molecule has 0 saturated heterocycles. The zero-order chi connectivity index (χ0) is 11.8. The summed E-state index contributed by atoms with van der Waals surface area (Å²) in [6.45, 7) is 8.43. The predicted molar refractivity (Wildman–Crippen MR) is 65.3 cm³/mol. The quantitative estimate of drug-likeness (QED) is 0.794. The lowest BCUT2D eigenvalue weighted by atomic mass is 9.91. The molecule has 84 valence electrons. The fraction of sp³-hybridized carbons (Fsp3) is 0.385. The van der Waals surface area contributed by atoms with Gasteiger partial charge in [-0.3, -0.25) is 4.98 Å². The Morgan fingerprint density at radius 3 is 2.25 bits per heavy atom. The fourth-order valence-corrected chi connectivity index (χ4v) is 1.56. The molecule has 0 aromatic carbocycles. The van der Waals surface area contributed by atoms with Crippen molar-refractivity contribution in [1.29, 1.82) is 0 Å². The number of pyridine rings is 1. The minimum atomic E-state index is 0.0996. The standard InChI is InChI=1S/C13H17N3/c1-9-14-8-11(16-9)10-5-6-12(15-7-10)13(2,3)4/h5-8H,1-4H3,(H,14,16). The molecule has 3 nitrogen and oxygen atoms in total. The fourth-order valence-electron chi connectivity index (χ4n) is 1.56. The second-order valence-corrected chi connectivity index (χ2v) is 5.06. The van der Waals surface area contributed by atoms with Crippen LogP contribution in [-0.2, 0) is 5.41 Å². The van der Waals surface area contributed by atoms with E-state index in [1.54, 1.807) is 0 Å². The van der Waals surface area contributed by atoms with Crippen LogP contribution in [0.4, 0.5) is 0 Å². The number of imidazole rings is 1. The van der Waals surface area contributed by atoms with Gasteiger partial charge in [-0.2, -0.15) is 0 Å². The minimum absolute atomic E-state index is 0.0996. The Bertz CT molecular complexity index is 475. The highest BCUT2D eigenvalue weighted by atomic mass is 14.9. The van der Waals surface area contributed by atoms with E-state index in [-0.39, 0.29) is 5.41 Å². The van der Waals surface area contributed by atoms with Crippen LogP contribution in [0.15, 0.2) is 24.5 Å². The number of rotatable bonds is 1. The van der Waals surface area contributed by atoms with Crippen molar-refractivity contribution in [1.82, 2.24) is 15.0 Å². The zero-order valence-corrected chi connectivity index (χ0v) is 10.2. The topological polar surface area (TPSA) is 41.6 Å². The Labute approximate surface area is 96.0 Å². The Balaban J connectivity index is 2.33. The molecular formula is C13H17N3. The minimum Gasteiger partial charge on any atom is -0.342 e. The van der Waals surface area contributed by atoms with Crippen LogP contribution in [0.3, 0.4) is 0 Å². The number of H-pyrrole nitrogens is 1. The number of aromatic nitrogens is 3. The smallest absolute Gasteiger partial charge is 0.103 e. The van der Waals surface area contributed by atoms with Crippen molar-refractivity contribution < 1.29 is 0 Å². The van der Waals surface area contributed by atoms with Gasteiger partial charge in [-0.15, -0.1) is 0 Å². The van der Waals surface area contributed by atoms with E-state index in [9.17, 15) is 0 Å². The molecule has 2 aromatic heterocycles. The van der Waals surface area contributed by atoms with Gasteiger partial charge in [-0.1, -0.05) is 20.8 Å². The Hall–Kier alpha value is -1.64. The van der Waals surface area contributed by atoms with Gasteiger partial charge in [-0.25, -0.2) is 4.98 Å². The maximum absolute atomic E-state index is 4.49. The van der Waals surface area contributed by atoms with Crippen LogP contribution in [0, 0.1) is 6.92 Å². The summed E-state index contributed by atoms with van der Waals surface area (Å²) in [5.74, 6) is 0.926. The summed E-state index contributed by atoms with van der Waals surface area (Å²) in [6, 6.07) is 4.16. The monoisotopic (exact) mass is 215 g/mol. The van der Waals surface area contributed by atoms with E-state index < -0.39 is 0 Å². The summed E-state index contributed by atoms with van der Waals surface area (Å²) in [5.41, 5.74) is 3.30. The van der Waals surface area contributed by atoms with Crippen LogP contribution < -0.4 is 0 Å². The first-order valence-electron chi connectivity index (χ1n) is 5.45. The summed E-state index contributed by atoms with van der Waals surface area (Å²) < 4.78 is 0. The normalized spacial score (nSPS) is 11.8. The highest BCUT2D eigenvalue weighted by Crippen LogP contribution is 2.22. The van der Waals surface area contributed by atoms with Gasteiger partial charge in [-0.05, 0) is 19.1 Å². The molecule has 2 heterocycles. The van der Waals surface area contributed by atoms with E-state index in [0.29, 0.717) is 0 Å². The molecule has 3 heteroatoms. The van der Waals surface area contributed by atoms with Gasteiger partial charge in [0.25, 0.3) is 0 Å². The molecule has 1 N–H and O–H groups in total. The second kappa shape index (κ2) is 3.74. The highest BCUT2D eigenvalue weighted by Gasteiger charge is 2.14. The number of nitrogens with one attached hydrogen (secondary N) is 1. The van der Waals surface area contributed by atoms with Crippen molar-refractivity contribution >= 4 is 0 Å². The maximum atomic E-state index is 4.49. The van der Waals surface area contributed by atoms with E-state index in [4.69, 9.17) is 0 Å². The lowest BCUT2D eigenvalue weighted by Crippen LogP contribution is -2.12. The number of aromatic amines is 1. The molecule has 2 rings (SSSR count). The third kappa shape index (κ3) is 2.13. The Morgan fingerprint density at radius 1 is 1.06 bits per heavy atom. The van der Waals surface area contributed by atoms with E-state index in [1.165, 1.54) is 0 Å². The van der Waals surface area contributed by atoms with Crippen LogP contribution in [-0.4, -0.2) is 15.0 Å². The largest absolute Gasteiger partial charge is 0.342 e. The molecule has 0 bridgehead atoms. The molecule has 16 heavy (non-hydrogen) atoms. The second-order valence-electron chi connectivity index (χ2n) is 5.06. The molecular weight excluding hydrogens is 198 g/mol. The van der Waals surface area contributed by atoms with Crippen LogP contribution in [0.1, 0.15) is 32.3 Å². The average Bonchev–Trinajstić information content (AvgIpc) is 2.64. The first kappa shape index (κ1) is 10.9. The van der Waals surface area contributed by atoms with E-state index >= 15 is 0 Å². The van der Waals surface area contributed by atoms with Crippen molar-refractivity contribution in [3.63, 3.8) is 0 Å². The lowest BCUT2D eigenvalue weighted by Gasteiger charge is -2.17. The molecule has 0 aliphatic carbocycles. The van der Waals surface area contributed by atoms with Crippen molar-refractivity contribution in [2.24, 2.45) is 0 Å². The van der Waals surface area contributed by atoms with Crippen LogP contribution in [0.5, 0.6) is 0 Å². The van der Waals surface area contributed by atoms with Gasteiger partial charge in [0.1, 0.15) is 5.82 Å². The van der Waals surface area contributed by atoms with Gasteiger partial charge in [0, 0.05) is 22.9 Å². The van der Waals surface area contributed by atoms with Gasteiger partial charge < -0.3 is 4.98 Å². The van der Waals surface area contributed by atoms with Crippen molar-refractivity contribution in [2.75, 3.05) is 0 Å². The number of hydrogen-bond donors (Lipinski definition) is 1. The highest BCUT2D eigenvalue weighted by molar-refractivity contribution is 5.57. The predicted octanol–water partition coefficient (Wildman–Crippen LogP) is 3.08. The molecule has 0 aliphatic rings. The van der Waals surface area contributed by atoms with Crippen molar-refractivity contribution in [3.05, 3.63) is 36.0 Å². The van der Waals surface area contributed by atoms with Gasteiger partial charge >= 0.3 is 0 Å². The van der Waals surface area contributed by atoms with Gasteiger partial charge in [0.05, 0.1) is 11.9 Å². The summed E-state index contributed by atoms with van der Waals surface area (Å²) in [5, 5.41) is 0. The van der Waals surface area contributed by atoms with Crippen molar-refractivity contribution in [2.45, 2.75) is 33.1 Å². The maximum Gasteiger partial charge on any atom is 0.103 e. The molecule has 0 saturated carbocycles. The van der Waals surface area contributed by atoms with Gasteiger partial charge in [0.15, 0.2) is 0 Å². The SMILES string of the molecule is Cc1ncc(-c2ccc(C(C)(C)C)nc2)[nH]1. The first-order chi connectivity index (χ1) is 7.47.